The molecule has 2 aromatic carbocycles. The average molecular weight is 391 g/mol. The molecule has 0 aliphatic heterocycles. The number of carboxylic acid groups (broad SMARTS) is 1. The molecule has 0 radical (unpaired) electrons. The summed E-state index contributed by atoms with van der Waals surface area (Å²) in [7, 11) is 0. The fourth-order valence-corrected chi connectivity index (χ4v) is 4.63. The number of fused-ring (bicyclic) bond motifs is 3. The highest BCUT2D eigenvalue weighted by Crippen LogP contribution is 2.42. The minimum absolute atomic E-state index is 0.0316. The summed E-state index contributed by atoms with van der Waals surface area (Å²) < 4.78 is 7.26. The molecule has 2 unspecified atom stereocenters. The number of nitrogens with zero attached hydrogens (tertiary/aromatic N) is 1. The van der Waals surface area contributed by atoms with Crippen LogP contribution in [-0.4, -0.2) is 28.2 Å². The molecular weight excluding hydrogens is 366 g/mol. The number of carbonyl (C=O) groups excluding carboxylic acids is 1. The monoisotopic (exact) mass is 391 g/mol. The molecule has 0 saturated carbocycles. The second-order valence-corrected chi connectivity index (χ2v) is 7.63. The molecule has 0 saturated heterocycles. The number of aromatic nitrogens is 1. The van der Waals surface area contributed by atoms with E-state index in [1.165, 1.54) is 5.56 Å². The van der Waals surface area contributed by atoms with Gasteiger partial charge in [-0.2, -0.15) is 0 Å². The number of carboxylic acids is 1. The Kier molecular flexibility index (Phi) is 5.38. The van der Waals surface area contributed by atoms with Crippen molar-refractivity contribution in [3.05, 3.63) is 71.4 Å². The van der Waals surface area contributed by atoms with Crippen LogP contribution in [0.15, 0.2) is 54.6 Å². The minimum Gasteiger partial charge on any atom is -0.481 e. The molecule has 1 N–H and O–H groups in total. The number of rotatable bonds is 6. The Morgan fingerprint density at radius 3 is 2.55 bits per heavy atom. The van der Waals surface area contributed by atoms with Crippen molar-refractivity contribution < 1.29 is 19.4 Å². The first-order valence-electron chi connectivity index (χ1n) is 10.1. The zero-order valence-electron chi connectivity index (χ0n) is 16.5. The number of hydrogen-bond acceptors (Lipinski definition) is 3. The second-order valence-electron chi connectivity index (χ2n) is 7.63. The van der Waals surface area contributed by atoms with Crippen LogP contribution in [0.1, 0.15) is 36.1 Å². The summed E-state index contributed by atoms with van der Waals surface area (Å²) >= 11 is 0. The number of benzene rings is 2. The SMILES string of the molecule is CCOC(=O)Cn1c2c(c3ccccc31)CC(C(=O)O)CC2Cc1ccccc1. The minimum atomic E-state index is -0.754. The van der Waals surface area contributed by atoms with E-state index in [1.807, 2.05) is 47.0 Å². The van der Waals surface area contributed by atoms with Crippen molar-refractivity contribution in [2.75, 3.05) is 6.61 Å². The van der Waals surface area contributed by atoms with Gasteiger partial charge in [0.2, 0.25) is 0 Å². The van der Waals surface area contributed by atoms with Crippen LogP contribution in [-0.2, 0) is 33.7 Å². The number of para-hydroxylation sites is 1. The summed E-state index contributed by atoms with van der Waals surface area (Å²) in [4.78, 5) is 24.2. The van der Waals surface area contributed by atoms with E-state index in [1.54, 1.807) is 6.92 Å². The van der Waals surface area contributed by atoms with Gasteiger partial charge >= 0.3 is 11.9 Å². The van der Waals surface area contributed by atoms with Crippen molar-refractivity contribution in [1.82, 2.24) is 4.57 Å². The van der Waals surface area contributed by atoms with E-state index in [9.17, 15) is 14.7 Å². The molecule has 1 heterocycles. The first kappa shape index (κ1) is 19.2. The standard InChI is InChI=1S/C24H25NO4/c1-2-29-22(26)15-25-21-11-7-6-10-19(21)20-14-18(24(27)28)13-17(23(20)25)12-16-8-4-3-5-9-16/h3-11,17-18H,2,12-15H2,1H3,(H,27,28). The van der Waals surface area contributed by atoms with E-state index in [-0.39, 0.29) is 18.4 Å². The van der Waals surface area contributed by atoms with Crippen LogP contribution in [0.5, 0.6) is 0 Å². The lowest BCUT2D eigenvalue weighted by Gasteiger charge is -2.29. The zero-order chi connectivity index (χ0) is 20.4. The Balaban J connectivity index is 1.85. The topological polar surface area (TPSA) is 68.5 Å². The zero-order valence-corrected chi connectivity index (χ0v) is 16.5. The Morgan fingerprint density at radius 1 is 1.10 bits per heavy atom. The van der Waals surface area contributed by atoms with E-state index < -0.39 is 11.9 Å². The van der Waals surface area contributed by atoms with E-state index in [0.717, 1.165) is 28.6 Å². The van der Waals surface area contributed by atoms with Gasteiger partial charge in [0.1, 0.15) is 6.54 Å². The smallest absolute Gasteiger partial charge is 0.325 e. The van der Waals surface area contributed by atoms with Crippen LogP contribution in [0.2, 0.25) is 0 Å². The molecule has 2 atom stereocenters. The summed E-state index contributed by atoms with van der Waals surface area (Å²) in [6, 6.07) is 18.1. The number of aliphatic carboxylic acids is 1. The lowest BCUT2D eigenvalue weighted by molar-refractivity contribution is -0.144. The van der Waals surface area contributed by atoms with Crippen LogP contribution in [0.3, 0.4) is 0 Å². The van der Waals surface area contributed by atoms with Crippen molar-refractivity contribution >= 4 is 22.8 Å². The first-order valence-corrected chi connectivity index (χ1v) is 10.1. The van der Waals surface area contributed by atoms with Crippen molar-refractivity contribution in [2.45, 2.75) is 38.6 Å². The summed E-state index contributed by atoms with van der Waals surface area (Å²) in [5.41, 5.74) is 4.28. The third-order valence-corrected chi connectivity index (χ3v) is 5.79. The van der Waals surface area contributed by atoms with E-state index >= 15 is 0 Å². The summed E-state index contributed by atoms with van der Waals surface area (Å²) in [5, 5.41) is 10.8. The molecule has 1 aliphatic carbocycles. The van der Waals surface area contributed by atoms with Gasteiger partial charge < -0.3 is 14.4 Å². The molecule has 1 aromatic heterocycles. The first-order chi connectivity index (χ1) is 14.1. The molecule has 1 aliphatic rings. The Hall–Kier alpha value is -3.08. The molecule has 0 spiro atoms. The Bertz CT molecular complexity index is 1040. The lowest BCUT2D eigenvalue weighted by Crippen LogP contribution is -2.28. The van der Waals surface area contributed by atoms with Crippen molar-refractivity contribution in [3.63, 3.8) is 0 Å². The number of carbonyl (C=O) groups is 2. The maximum absolute atomic E-state index is 12.3. The molecule has 3 aromatic rings. The summed E-state index contributed by atoms with van der Waals surface area (Å²) in [5.74, 6) is -1.41. The van der Waals surface area contributed by atoms with Crippen LogP contribution < -0.4 is 0 Å². The molecule has 5 nitrogen and oxygen atoms in total. The summed E-state index contributed by atoms with van der Waals surface area (Å²) in [6.45, 7) is 2.29. The molecule has 0 bridgehead atoms. The van der Waals surface area contributed by atoms with Gasteiger partial charge in [-0.3, -0.25) is 9.59 Å². The van der Waals surface area contributed by atoms with Crippen LogP contribution in [0, 0.1) is 5.92 Å². The van der Waals surface area contributed by atoms with Gasteiger partial charge in [-0.05, 0) is 43.4 Å². The van der Waals surface area contributed by atoms with Crippen molar-refractivity contribution in [3.8, 4) is 0 Å². The van der Waals surface area contributed by atoms with Gasteiger partial charge in [-0.25, -0.2) is 0 Å². The lowest BCUT2D eigenvalue weighted by atomic mass is 9.77. The molecule has 5 heteroatoms. The third-order valence-electron chi connectivity index (χ3n) is 5.79. The fourth-order valence-electron chi connectivity index (χ4n) is 4.63. The van der Waals surface area contributed by atoms with Gasteiger partial charge in [0.15, 0.2) is 0 Å². The summed E-state index contributed by atoms with van der Waals surface area (Å²) in [6.07, 6.45) is 1.80. The third kappa shape index (κ3) is 3.77. The highest BCUT2D eigenvalue weighted by atomic mass is 16.5. The van der Waals surface area contributed by atoms with Gasteiger partial charge in [0, 0.05) is 22.5 Å². The number of esters is 1. The Morgan fingerprint density at radius 2 is 1.83 bits per heavy atom. The van der Waals surface area contributed by atoms with Gasteiger partial charge in [-0.1, -0.05) is 48.5 Å². The number of ether oxygens (including phenoxy) is 1. The van der Waals surface area contributed by atoms with E-state index in [4.69, 9.17) is 4.74 Å². The quantitative estimate of drug-likeness (QED) is 0.640. The maximum atomic E-state index is 12.3. The van der Waals surface area contributed by atoms with Gasteiger partial charge in [0.25, 0.3) is 0 Å². The van der Waals surface area contributed by atoms with Gasteiger partial charge in [0.05, 0.1) is 12.5 Å². The molecule has 0 fully saturated rings. The average Bonchev–Trinajstić information content (AvgIpc) is 3.03. The molecule has 150 valence electrons. The maximum Gasteiger partial charge on any atom is 0.325 e. The number of hydrogen-bond donors (Lipinski definition) is 1. The van der Waals surface area contributed by atoms with Crippen LogP contribution in [0.4, 0.5) is 0 Å². The van der Waals surface area contributed by atoms with Crippen molar-refractivity contribution in [1.29, 1.82) is 0 Å². The van der Waals surface area contributed by atoms with E-state index in [0.29, 0.717) is 19.4 Å². The molecule has 4 rings (SSSR count). The fraction of sp³-hybridized carbons (Fsp3) is 0.333. The normalized spacial score (nSPS) is 18.4. The predicted octanol–water partition coefficient (Wildman–Crippen LogP) is 4.18. The predicted molar refractivity (Wildman–Crippen MR) is 111 cm³/mol. The Labute approximate surface area is 169 Å². The largest absolute Gasteiger partial charge is 0.481 e. The second kappa shape index (κ2) is 8.11. The van der Waals surface area contributed by atoms with E-state index in [2.05, 4.69) is 12.1 Å². The van der Waals surface area contributed by atoms with Crippen LogP contribution >= 0.6 is 0 Å². The van der Waals surface area contributed by atoms with Crippen LogP contribution in [0.25, 0.3) is 10.9 Å². The van der Waals surface area contributed by atoms with Gasteiger partial charge in [-0.15, -0.1) is 0 Å². The molecule has 0 amide bonds. The highest BCUT2D eigenvalue weighted by Gasteiger charge is 2.36. The highest BCUT2D eigenvalue weighted by molar-refractivity contribution is 5.88. The van der Waals surface area contributed by atoms with Crippen molar-refractivity contribution in [2.24, 2.45) is 5.92 Å². The molecular formula is C24H25NO4. The molecule has 29 heavy (non-hydrogen) atoms.